The van der Waals surface area contributed by atoms with Crippen molar-refractivity contribution in [2.24, 2.45) is 0 Å². The lowest BCUT2D eigenvalue weighted by Crippen LogP contribution is -2.52. The highest BCUT2D eigenvalue weighted by atomic mass is 79.9. The van der Waals surface area contributed by atoms with Gasteiger partial charge >= 0.3 is 0 Å². The van der Waals surface area contributed by atoms with Crippen molar-refractivity contribution in [3.63, 3.8) is 0 Å². The highest BCUT2D eigenvalue weighted by Crippen LogP contribution is 2.25. The van der Waals surface area contributed by atoms with Crippen LogP contribution in [-0.2, 0) is 9.53 Å². The van der Waals surface area contributed by atoms with E-state index < -0.39 is 0 Å². The maximum Gasteiger partial charge on any atom is 0.236 e. The van der Waals surface area contributed by atoms with Gasteiger partial charge in [-0.1, -0.05) is 12.1 Å². The van der Waals surface area contributed by atoms with Crippen LogP contribution in [0.25, 0.3) is 10.9 Å². The fourth-order valence-corrected chi connectivity index (χ4v) is 3.98. The number of morpholine rings is 1. The summed E-state index contributed by atoms with van der Waals surface area (Å²) in [7, 11) is 0. The number of anilines is 1. The Morgan fingerprint density at radius 1 is 1.04 bits per heavy atom. The second-order valence-corrected chi connectivity index (χ2v) is 7.59. The molecular weight excluding hydrogens is 396 g/mol. The van der Waals surface area contributed by atoms with Crippen molar-refractivity contribution >= 4 is 38.6 Å². The number of ether oxygens (including phenoxy) is 1. The molecule has 0 aliphatic carbocycles. The zero-order valence-electron chi connectivity index (χ0n) is 14.7. The number of hydrogen-bond acceptors (Lipinski definition) is 5. The van der Waals surface area contributed by atoms with Crippen LogP contribution in [-0.4, -0.2) is 79.7 Å². The molecule has 2 aliphatic heterocycles. The summed E-state index contributed by atoms with van der Waals surface area (Å²) in [6, 6.07) is 10.3. The Kier molecular flexibility index (Phi) is 5.38. The number of pyridine rings is 1. The fraction of sp³-hybridized carbons (Fsp3) is 0.474. The van der Waals surface area contributed by atoms with Crippen LogP contribution in [0.3, 0.4) is 0 Å². The van der Waals surface area contributed by atoms with Crippen LogP contribution >= 0.6 is 15.9 Å². The molecule has 0 saturated carbocycles. The molecule has 7 heteroatoms. The van der Waals surface area contributed by atoms with E-state index in [4.69, 9.17) is 9.72 Å². The van der Waals surface area contributed by atoms with E-state index in [1.54, 1.807) is 0 Å². The average molecular weight is 419 g/mol. The Hall–Kier alpha value is -1.70. The first kappa shape index (κ1) is 17.7. The first-order chi connectivity index (χ1) is 12.7. The molecule has 2 fully saturated rings. The van der Waals surface area contributed by atoms with Crippen LogP contribution in [0, 0.1) is 0 Å². The maximum absolute atomic E-state index is 12.5. The standard InChI is InChI=1S/C19H23BrN4O2/c20-16-3-1-2-15-4-5-17(21-19(15)16)23-6-8-24(9-7-23)18(25)14-22-10-12-26-13-11-22/h1-5H,6-14H2. The Balaban J connectivity index is 1.37. The first-order valence-corrected chi connectivity index (χ1v) is 9.88. The normalized spacial score (nSPS) is 19.1. The van der Waals surface area contributed by atoms with E-state index in [-0.39, 0.29) is 5.91 Å². The quantitative estimate of drug-likeness (QED) is 0.762. The van der Waals surface area contributed by atoms with Gasteiger partial charge in [-0.3, -0.25) is 9.69 Å². The number of carbonyl (C=O) groups is 1. The molecule has 1 aromatic carbocycles. The number of benzene rings is 1. The SMILES string of the molecule is O=C(CN1CCOCC1)N1CCN(c2ccc3cccc(Br)c3n2)CC1. The summed E-state index contributed by atoms with van der Waals surface area (Å²) in [4.78, 5) is 23.8. The van der Waals surface area contributed by atoms with Crippen molar-refractivity contribution in [3.8, 4) is 0 Å². The molecular formula is C19H23BrN4O2. The number of amides is 1. The van der Waals surface area contributed by atoms with Gasteiger partial charge in [0.2, 0.25) is 5.91 Å². The van der Waals surface area contributed by atoms with Crippen molar-refractivity contribution < 1.29 is 9.53 Å². The fourth-order valence-electron chi connectivity index (χ4n) is 3.51. The maximum atomic E-state index is 12.5. The minimum Gasteiger partial charge on any atom is -0.379 e. The van der Waals surface area contributed by atoms with Crippen molar-refractivity contribution in [2.45, 2.75) is 0 Å². The van der Waals surface area contributed by atoms with Gasteiger partial charge in [-0.05, 0) is 34.1 Å². The van der Waals surface area contributed by atoms with Gasteiger partial charge < -0.3 is 14.5 Å². The Labute approximate surface area is 161 Å². The van der Waals surface area contributed by atoms with Crippen LogP contribution in [0.5, 0.6) is 0 Å². The summed E-state index contributed by atoms with van der Waals surface area (Å²) >= 11 is 3.58. The summed E-state index contributed by atoms with van der Waals surface area (Å²) < 4.78 is 6.36. The van der Waals surface area contributed by atoms with Gasteiger partial charge in [0.25, 0.3) is 0 Å². The molecule has 4 rings (SSSR count). The van der Waals surface area contributed by atoms with E-state index in [1.807, 2.05) is 17.0 Å². The van der Waals surface area contributed by atoms with Crippen LogP contribution in [0.1, 0.15) is 0 Å². The molecule has 2 saturated heterocycles. The molecule has 6 nitrogen and oxygen atoms in total. The average Bonchev–Trinajstić information content (AvgIpc) is 2.69. The highest BCUT2D eigenvalue weighted by molar-refractivity contribution is 9.10. The van der Waals surface area contributed by atoms with Crippen LogP contribution in [0.2, 0.25) is 0 Å². The summed E-state index contributed by atoms with van der Waals surface area (Å²) in [6.45, 7) is 6.79. The van der Waals surface area contributed by atoms with E-state index in [9.17, 15) is 4.79 Å². The number of carbonyl (C=O) groups excluding carboxylic acids is 1. The van der Waals surface area contributed by atoms with Gasteiger partial charge in [-0.2, -0.15) is 0 Å². The van der Waals surface area contributed by atoms with E-state index in [0.717, 1.165) is 73.7 Å². The molecule has 1 amide bonds. The zero-order valence-corrected chi connectivity index (χ0v) is 16.3. The van der Waals surface area contributed by atoms with E-state index in [0.29, 0.717) is 6.54 Å². The van der Waals surface area contributed by atoms with Gasteiger partial charge in [0.1, 0.15) is 5.82 Å². The minimum atomic E-state index is 0.223. The molecule has 0 atom stereocenters. The third-order valence-electron chi connectivity index (χ3n) is 5.08. The van der Waals surface area contributed by atoms with E-state index in [1.165, 1.54) is 0 Å². The number of nitrogens with zero attached hydrogens (tertiary/aromatic N) is 4. The molecule has 2 aliphatic rings. The van der Waals surface area contributed by atoms with Crippen molar-refractivity contribution in [2.75, 3.05) is 63.9 Å². The second kappa shape index (κ2) is 7.90. The molecule has 0 radical (unpaired) electrons. The molecule has 0 unspecified atom stereocenters. The molecule has 0 spiro atoms. The third-order valence-corrected chi connectivity index (χ3v) is 5.72. The van der Waals surface area contributed by atoms with E-state index in [2.05, 4.69) is 43.9 Å². The van der Waals surface area contributed by atoms with Gasteiger partial charge in [0.15, 0.2) is 0 Å². The topological polar surface area (TPSA) is 48.9 Å². The largest absolute Gasteiger partial charge is 0.379 e. The smallest absolute Gasteiger partial charge is 0.236 e. The lowest BCUT2D eigenvalue weighted by molar-refractivity contribution is -0.133. The van der Waals surface area contributed by atoms with Crippen molar-refractivity contribution in [3.05, 3.63) is 34.8 Å². The Morgan fingerprint density at radius 2 is 1.81 bits per heavy atom. The summed E-state index contributed by atoms with van der Waals surface area (Å²) in [5, 5.41) is 1.13. The monoisotopic (exact) mass is 418 g/mol. The Morgan fingerprint density at radius 3 is 2.58 bits per heavy atom. The summed E-state index contributed by atoms with van der Waals surface area (Å²) in [5.74, 6) is 1.20. The molecule has 3 heterocycles. The molecule has 0 N–H and O–H groups in total. The predicted octanol–water partition coefficient (Wildman–Crippen LogP) is 1.98. The lowest BCUT2D eigenvalue weighted by Gasteiger charge is -2.37. The number of hydrogen-bond donors (Lipinski definition) is 0. The van der Waals surface area contributed by atoms with Crippen LogP contribution in [0.15, 0.2) is 34.8 Å². The molecule has 26 heavy (non-hydrogen) atoms. The number of halogens is 1. The van der Waals surface area contributed by atoms with Crippen molar-refractivity contribution in [1.82, 2.24) is 14.8 Å². The van der Waals surface area contributed by atoms with Gasteiger partial charge in [0.05, 0.1) is 25.3 Å². The Bertz CT molecular complexity index is 786. The van der Waals surface area contributed by atoms with Gasteiger partial charge in [-0.15, -0.1) is 0 Å². The second-order valence-electron chi connectivity index (χ2n) is 6.74. The molecule has 2 aromatic rings. The lowest BCUT2D eigenvalue weighted by atomic mass is 10.2. The first-order valence-electron chi connectivity index (χ1n) is 9.09. The number of rotatable bonds is 3. The van der Waals surface area contributed by atoms with Crippen molar-refractivity contribution in [1.29, 1.82) is 0 Å². The zero-order chi connectivity index (χ0) is 17.9. The predicted molar refractivity (Wildman–Crippen MR) is 105 cm³/mol. The van der Waals surface area contributed by atoms with E-state index >= 15 is 0 Å². The van der Waals surface area contributed by atoms with Gasteiger partial charge in [0, 0.05) is 49.1 Å². The third kappa shape index (κ3) is 3.84. The number of para-hydroxylation sites is 1. The minimum absolute atomic E-state index is 0.223. The summed E-state index contributed by atoms with van der Waals surface area (Å²) in [6.07, 6.45) is 0. The highest BCUT2D eigenvalue weighted by Gasteiger charge is 2.24. The number of fused-ring (bicyclic) bond motifs is 1. The molecule has 138 valence electrons. The number of aromatic nitrogens is 1. The van der Waals surface area contributed by atoms with Crippen LogP contribution < -0.4 is 4.90 Å². The molecule has 0 bridgehead atoms. The van der Waals surface area contributed by atoms with Gasteiger partial charge in [-0.25, -0.2) is 4.98 Å². The number of piperazine rings is 1. The summed E-state index contributed by atoms with van der Waals surface area (Å²) in [5.41, 5.74) is 0.982. The van der Waals surface area contributed by atoms with Crippen LogP contribution in [0.4, 0.5) is 5.82 Å². The molecule has 1 aromatic heterocycles.